The van der Waals surface area contributed by atoms with Gasteiger partial charge >= 0.3 is 6.18 Å². The molecule has 0 spiro atoms. The highest BCUT2D eigenvalue weighted by Gasteiger charge is 2.36. The van der Waals surface area contributed by atoms with E-state index in [2.05, 4.69) is 4.98 Å². The number of hydrogen-bond acceptors (Lipinski definition) is 1. The van der Waals surface area contributed by atoms with Crippen molar-refractivity contribution in [2.45, 2.75) is 13.1 Å². The van der Waals surface area contributed by atoms with Gasteiger partial charge in [0, 0.05) is 6.20 Å². The SMILES string of the molecule is Cc1c(C(F)(F)F)nc2ccc(F)cn12. The molecule has 0 saturated heterocycles. The molecule has 2 aromatic heterocycles. The summed E-state index contributed by atoms with van der Waals surface area (Å²) in [6.07, 6.45) is -3.53. The van der Waals surface area contributed by atoms with E-state index in [1.807, 2.05) is 0 Å². The van der Waals surface area contributed by atoms with E-state index in [0.29, 0.717) is 0 Å². The van der Waals surface area contributed by atoms with Crippen LogP contribution in [-0.2, 0) is 6.18 Å². The van der Waals surface area contributed by atoms with Crippen molar-refractivity contribution in [2.75, 3.05) is 0 Å². The molecule has 0 radical (unpaired) electrons. The van der Waals surface area contributed by atoms with Gasteiger partial charge in [-0.2, -0.15) is 13.2 Å². The number of hydrogen-bond donors (Lipinski definition) is 0. The van der Waals surface area contributed by atoms with Crippen molar-refractivity contribution in [1.29, 1.82) is 0 Å². The average Bonchev–Trinajstić information content (AvgIpc) is 2.43. The van der Waals surface area contributed by atoms with Crippen molar-refractivity contribution in [1.82, 2.24) is 9.38 Å². The van der Waals surface area contributed by atoms with E-state index in [1.165, 1.54) is 13.0 Å². The van der Waals surface area contributed by atoms with E-state index in [1.54, 1.807) is 0 Å². The Morgan fingerprint density at radius 3 is 2.53 bits per heavy atom. The zero-order valence-corrected chi connectivity index (χ0v) is 7.64. The Kier molecular flexibility index (Phi) is 1.95. The molecule has 0 aliphatic rings. The lowest BCUT2D eigenvalue weighted by molar-refractivity contribution is -0.141. The van der Waals surface area contributed by atoms with Crippen LogP contribution in [0.2, 0.25) is 0 Å². The highest BCUT2D eigenvalue weighted by Crippen LogP contribution is 2.31. The molecule has 0 aromatic carbocycles. The fraction of sp³-hybridized carbons (Fsp3) is 0.222. The summed E-state index contributed by atoms with van der Waals surface area (Å²) in [4.78, 5) is 3.40. The highest BCUT2D eigenvalue weighted by molar-refractivity contribution is 5.43. The smallest absolute Gasteiger partial charge is 0.301 e. The molecule has 15 heavy (non-hydrogen) atoms. The zero-order valence-electron chi connectivity index (χ0n) is 7.64. The maximum Gasteiger partial charge on any atom is 0.435 e. The largest absolute Gasteiger partial charge is 0.435 e. The van der Waals surface area contributed by atoms with Crippen LogP contribution in [0, 0.1) is 12.7 Å². The number of pyridine rings is 1. The van der Waals surface area contributed by atoms with Crippen molar-refractivity contribution in [3.8, 4) is 0 Å². The first-order valence-corrected chi connectivity index (χ1v) is 4.11. The summed E-state index contributed by atoms with van der Waals surface area (Å²) in [5.74, 6) is -0.600. The van der Waals surface area contributed by atoms with Gasteiger partial charge in [0.25, 0.3) is 0 Å². The van der Waals surface area contributed by atoms with E-state index in [4.69, 9.17) is 0 Å². The van der Waals surface area contributed by atoms with Gasteiger partial charge in [-0.15, -0.1) is 0 Å². The second kappa shape index (κ2) is 2.95. The van der Waals surface area contributed by atoms with Gasteiger partial charge in [0.1, 0.15) is 11.5 Å². The van der Waals surface area contributed by atoms with Gasteiger partial charge in [-0.25, -0.2) is 9.37 Å². The second-order valence-corrected chi connectivity index (χ2v) is 3.12. The number of nitrogens with zero attached hydrogens (tertiary/aromatic N) is 2. The maximum atomic E-state index is 12.8. The lowest BCUT2D eigenvalue weighted by Gasteiger charge is -2.02. The Balaban J connectivity index is 2.76. The molecule has 0 bridgehead atoms. The summed E-state index contributed by atoms with van der Waals surface area (Å²) in [5.41, 5.74) is -1.01. The highest BCUT2D eigenvalue weighted by atomic mass is 19.4. The van der Waals surface area contributed by atoms with Gasteiger partial charge in [0.2, 0.25) is 0 Å². The van der Waals surface area contributed by atoms with Crippen molar-refractivity contribution >= 4 is 5.65 Å². The van der Waals surface area contributed by atoms with Gasteiger partial charge in [-0.05, 0) is 19.1 Å². The second-order valence-electron chi connectivity index (χ2n) is 3.12. The van der Waals surface area contributed by atoms with Crippen LogP contribution in [0.1, 0.15) is 11.4 Å². The molecule has 2 heterocycles. The third-order valence-corrected chi connectivity index (χ3v) is 2.09. The van der Waals surface area contributed by atoms with E-state index < -0.39 is 17.7 Å². The van der Waals surface area contributed by atoms with Crippen molar-refractivity contribution in [3.63, 3.8) is 0 Å². The van der Waals surface area contributed by atoms with Crippen LogP contribution in [0.15, 0.2) is 18.3 Å². The predicted molar refractivity (Wildman–Crippen MR) is 44.9 cm³/mol. The number of imidazole rings is 1. The Morgan fingerprint density at radius 1 is 1.27 bits per heavy atom. The lowest BCUT2D eigenvalue weighted by atomic mass is 10.3. The van der Waals surface area contributed by atoms with E-state index in [9.17, 15) is 17.6 Å². The van der Waals surface area contributed by atoms with Gasteiger partial charge in [-0.3, -0.25) is 0 Å². The lowest BCUT2D eigenvalue weighted by Crippen LogP contribution is -2.07. The maximum absolute atomic E-state index is 12.8. The number of halogens is 4. The average molecular weight is 218 g/mol. The topological polar surface area (TPSA) is 17.3 Å². The van der Waals surface area contributed by atoms with E-state index >= 15 is 0 Å². The van der Waals surface area contributed by atoms with E-state index in [-0.39, 0.29) is 11.3 Å². The molecule has 0 N–H and O–H groups in total. The molecule has 0 amide bonds. The van der Waals surface area contributed by atoms with Crippen LogP contribution in [0.3, 0.4) is 0 Å². The van der Waals surface area contributed by atoms with Gasteiger partial charge in [0.05, 0.1) is 5.69 Å². The Labute approximate surface area is 82.2 Å². The fourth-order valence-corrected chi connectivity index (χ4v) is 1.40. The van der Waals surface area contributed by atoms with Crippen LogP contribution in [0.5, 0.6) is 0 Å². The molecule has 80 valence electrons. The van der Waals surface area contributed by atoms with Gasteiger partial charge in [0.15, 0.2) is 5.69 Å². The standard InChI is InChI=1S/C9H6F4N2/c1-5-8(9(11,12)13)14-7-3-2-6(10)4-15(5)7/h2-4H,1H3. The summed E-state index contributed by atoms with van der Waals surface area (Å²) in [6, 6.07) is 2.28. The third kappa shape index (κ3) is 1.55. The number of aryl methyl sites for hydroxylation is 1. The summed E-state index contributed by atoms with van der Waals surface area (Å²) in [7, 11) is 0. The van der Waals surface area contributed by atoms with Crippen molar-refractivity contribution in [2.24, 2.45) is 0 Å². The number of aromatic nitrogens is 2. The molecule has 0 unspecified atom stereocenters. The quantitative estimate of drug-likeness (QED) is 0.621. The molecule has 2 rings (SSSR count). The summed E-state index contributed by atoms with van der Waals surface area (Å²) in [5, 5.41) is 0. The zero-order chi connectivity index (χ0) is 11.2. The minimum absolute atomic E-state index is 0.0845. The van der Waals surface area contributed by atoms with Gasteiger partial charge in [-0.1, -0.05) is 0 Å². The van der Waals surface area contributed by atoms with E-state index in [0.717, 1.165) is 16.7 Å². The monoisotopic (exact) mass is 218 g/mol. The first-order chi connectivity index (χ1) is 6.89. The summed E-state index contributed by atoms with van der Waals surface area (Å²) >= 11 is 0. The normalized spacial score (nSPS) is 12.3. The van der Waals surface area contributed by atoms with Crippen molar-refractivity contribution < 1.29 is 17.6 Å². The van der Waals surface area contributed by atoms with Crippen LogP contribution >= 0.6 is 0 Å². The Bertz CT molecular complexity index is 513. The molecular weight excluding hydrogens is 212 g/mol. The van der Waals surface area contributed by atoms with Crippen LogP contribution in [-0.4, -0.2) is 9.38 Å². The van der Waals surface area contributed by atoms with Gasteiger partial charge < -0.3 is 4.40 Å². The third-order valence-electron chi connectivity index (χ3n) is 2.09. The van der Waals surface area contributed by atoms with Crippen molar-refractivity contribution in [3.05, 3.63) is 35.5 Å². The number of rotatable bonds is 0. The molecule has 0 aliphatic carbocycles. The molecule has 6 heteroatoms. The number of fused-ring (bicyclic) bond motifs is 1. The van der Waals surface area contributed by atoms with Crippen LogP contribution in [0.4, 0.5) is 17.6 Å². The first-order valence-electron chi connectivity index (χ1n) is 4.11. The van der Waals surface area contributed by atoms with Crippen LogP contribution in [0.25, 0.3) is 5.65 Å². The molecule has 2 aromatic rings. The minimum Gasteiger partial charge on any atom is -0.301 e. The molecule has 0 aliphatic heterocycles. The Hall–Kier alpha value is -1.59. The number of alkyl halides is 3. The molecule has 0 saturated carbocycles. The molecule has 0 fully saturated rings. The Morgan fingerprint density at radius 2 is 1.93 bits per heavy atom. The minimum atomic E-state index is -4.51. The molecular formula is C9H6F4N2. The summed E-state index contributed by atoms with van der Waals surface area (Å²) in [6.45, 7) is 1.25. The first kappa shape index (κ1) is 9.95. The molecule has 0 atom stereocenters. The fourth-order valence-electron chi connectivity index (χ4n) is 1.40. The molecule has 2 nitrogen and oxygen atoms in total. The van der Waals surface area contributed by atoms with Crippen LogP contribution < -0.4 is 0 Å². The summed E-state index contributed by atoms with van der Waals surface area (Å²) < 4.78 is 51.1. The predicted octanol–water partition coefficient (Wildman–Crippen LogP) is 2.80.